The minimum atomic E-state index is -0.192. The number of nitrogens with zero attached hydrogens (tertiary/aromatic N) is 1. The Labute approximate surface area is 145 Å². The molecule has 1 amide bonds. The van der Waals surface area contributed by atoms with Gasteiger partial charge in [0.2, 0.25) is 0 Å². The van der Waals surface area contributed by atoms with Crippen molar-refractivity contribution in [3.63, 3.8) is 0 Å². The second kappa shape index (κ2) is 7.27. The van der Waals surface area contributed by atoms with Gasteiger partial charge in [-0.1, -0.05) is 24.3 Å². The predicted molar refractivity (Wildman–Crippen MR) is 97.6 cm³/mol. The number of rotatable bonds is 5. The first-order valence-corrected chi connectivity index (χ1v) is 8.50. The SMILES string of the molecule is Cc1cccc(OCC(=O)Nc2cccc(-c3csc(C)n3)c2)c1. The maximum Gasteiger partial charge on any atom is 0.262 e. The molecule has 0 aliphatic heterocycles. The van der Waals surface area contributed by atoms with Crippen LogP contribution in [-0.4, -0.2) is 17.5 Å². The van der Waals surface area contributed by atoms with Crippen LogP contribution in [-0.2, 0) is 4.79 Å². The van der Waals surface area contributed by atoms with Gasteiger partial charge in [-0.05, 0) is 43.7 Å². The molecule has 122 valence electrons. The standard InChI is InChI=1S/C19H18N2O2S/c1-13-5-3-8-17(9-13)23-11-19(22)21-16-7-4-6-15(10-16)18-12-24-14(2)20-18/h3-10,12H,11H2,1-2H3,(H,21,22). The van der Waals surface area contributed by atoms with Gasteiger partial charge in [0.25, 0.3) is 5.91 Å². The molecule has 5 heteroatoms. The number of ether oxygens (including phenoxy) is 1. The number of carbonyl (C=O) groups excluding carboxylic acids is 1. The average molecular weight is 338 g/mol. The fourth-order valence-corrected chi connectivity index (χ4v) is 2.93. The van der Waals surface area contributed by atoms with Gasteiger partial charge in [0.05, 0.1) is 10.7 Å². The summed E-state index contributed by atoms with van der Waals surface area (Å²) in [6.07, 6.45) is 0. The van der Waals surface area contributed by atoms with Crippen molar-refractivity contribution in [3.05, 3.63) is 64.5 Å². The van der Waals surface area contributed by atoms with Gasteiger partial charge in [-0.15, -0.1) is 11.3 Å². The Kier molecular flexibility index (Phi) is 4.91. The average Bonchev–Trinajstić information content (AvgIpc) is 3.00. The predicted octanol–water partition coefficient (Wildman–Crippen LogP) is 4.44. The van der Waals surface area contributed by atoms with Crippen LogP contribution >= 0.6 is 11.3 Å². The molecule has 0 atom stereocenters. The summed E-state index contributed by atoms with van der Waals surface area (Å²) in [5, 5.41) is 5.89. The Hall–Kier alpha value is -2.66. The van der Waals surface area contributed by atoms with Crippen LogP contribution in [0.15, 0.2) is 53.9 Å². The van der Waals surface area contributed by atoms with Crippen molar-refractivity contribution in [3.8, 4) is 17.0 Å². The summed E-state index contributed by atoms with van der Waals surface area (Å²) in [6, 6.07) is 15.3. The van der Waals surface area contributed by atoms with E-state index in [1.54, 1.807) is 11.3 Å². The number of anilines is 1. The first-order chi connectivity index (χ1) is 11.6. The van der Waals surface area contributed by atoms with Crippen molar-refractivity contribution in [2.45, 2.75) is 13.8 Å². The third kappa shape index (κ3) is 4.20. The van der Waals surface area contributed by atoms with E-state index in [0.717, 1.165) is 27.5 Å². The van der Waals surface area contributed by atoms with Crippen molar-refractivity contribution >= 4 is 22.9 Å². The molecular weight excluding hydrogens is 320 g/mol. The van der Waals surface area contributed by atoms with Crippen LogP contribution in [0.4, 0.5) is 5.69 Å². The zero-order chi connectivity index (χ0) is 16.9. The number of thiazole rings is 1. The minimum absolute atomic E-state index is 0.0243. The highest BCUT2D eigenvalue weighted by molar-refractivity contribution is 7.09. The number of nitrogens with one attached hydrogen (secondary N) is 1. The van der Waals surface area contributed by atoms with Gasteiger partial charge >= 0.3 is 0 Å². The Morgan fingerprint density at radius 1 is 1.17 bits per heavy atom. The maximum absolute atomic E-state index is 12.1. The van der Waals surface area contributed by atoms with Gasteiger partial charge in [-0.3, -0.25) is 4.79 Å². The van der Waals surface area contributed by atoms with Crippen LogP contribution in [0.5, 0.6) is 5.75 Å². The molecule has 0 saturated heterocycles. The highest BCUT2D eigenvalue weighted by Crippen LogP contribution is 2.24. The summed E-state index contributed by atoms with van der Waals surface area (Å²) in [7, 11) is 0. The summed E-state index contributed by atoms with van der Waals surface area (Å²) in [5.74, 6) is 0.500. The van der Waals surface area contributed by atoms with Gasteiger partial charge in [-0.25, -0.2) is 4.98 Å². The smallest absolute Gasteiger partial charge is 0.262 e. The lowest BCUT2D eigenvalue weighted by Crippen LogP contribution is -2.20. The molecule has 0 saturated carbocycles. The second-order valence-corrected chi connectivity index (χ2v) is 6.55. The van der Waals surface area contributed by atoms with Crippen LogP contribution in [0.1, 0.15) is 10.6 Å². The van der Waals surface area contributed by atoms with Crippen molar-refractivity contribution in [2.75, 3.05) is 11.9 Å². The molecule has 4 nitrogen and oxygen atoms in total. The molecule has 3 aromatic rings. The monoisotopic (exact) mass is 338 g/mol. The molecule has 0 fully saturated rings. The van der Waals surface area contributed by atoms with E-state index in [1.165, 1.54) is 0 Å². The molecular formula is C19H18N2O2S. The summed E-state index contributed by atoms with van der Waals surface area (Å²) < 4.78 is 5.52. The number of aromatic nitrogens is 1. The topological polar surface area (TPSA) is 51.2 Å². The highest BCUT2D eigenvalue weighted by atomic mass is 32.1. The lowest BCUT2D eigenvalue weighted by atomic mass is 10.1. The van der Waals surface area contributed by atoms with Crippen LogP contribution in [0.2, 0.25) is 0 Å². The molecule has 2 aromatic carbocycles. The maximum atomic E-state index is 12.1. The second-order valence-electron chi connectivity index (χ2n) is 5.49. The zero-order valence-electron chi connectivity index (χ0n) is 13.6. The van der Waals surface area contributed by atoms with E-state index in [1.807, 2.05) is 67.8 Å². The molecule has 3 rings (SSSR count). The van der Waals surface area contributed by atoms with Gasteiger partial charge in [-0.2, -0.15) is 0 Å². The van der Waals surface area contributed by atoms with Crippen molar-refractivity contribution < 1.29 is 9.53 Å². The Bertz CT molecular complexity index is 858. The van der Waals surface area contributed by atoms with E-state index in [-0.39, 0.29) is 12.5 Å². The molecule has 0 spiro atoms. The quantitative estimate of drug-likeness (QED) is 0.748. The largest absolute Gasteiger partial charge is 0.484 e. The Morgan fingerprint density at radius 3 is 2.75 bits per heavy atom. The van der Waals surface area contributed by atoms with E-state index in [2.05, 4.69) is 10.3 Å². The fraction of sp³-hybridized carbons (Fsp3) is 0.158. The number of hydrogen-bond donors (Lipinski definition) is 1. The van der Waals surface area contributed by atoms with Gasteiger partial charge in [0.1, 0.15) is 5.75 Å². The van der Waals surface area contributed by atoms with Crippen LogP contribution in [0.3, 0.4) is 0 Å². The number of amides is 1. The molecule has 1 N–H and O–H groups in total. The zero-order valence-corrected chi connectivity index (χ0v) is 14.4. The molecule has 0 aliphatic carbocycles. The first kappa shape index (κ1) is 16.2. The molecule has 0 radical (unpaired) electrons. The van der Waals surface area contributed by atoms with Crippen LogP contribution in [0.25, 0.3) is 11.3 Å². The van der Waals surface area contributed by atoms with Gasteiger partial charge in [0.15, 0.2) is 6.61 Å². The summed E-state index contributed by atoms with van der Waals surface area (Å²) in [4.78, 5) is 16.5. The Morgan fingerprint density at radius 2 is 2.00 bits per heavy atom. The molecule has 0 bridgehead atoms. The molecule has 0 aliphatic rings. The third-order valence-electron chi connectivity index (χ3n) is 3.42. The summed E-state index contributed by atoms with van der Waals surface area (Å²) in [6.45, 7) is 3.94. The highest BCUT2D eigenvalue weighted by Gasteiger charge is 2.07. The van der Waals surface area contributed by atoms with Crippen molar-refractivity contribution in [2.24, 2.45) is 0 Å². The fourth-order valence-electron chi connectivity index (χ4n) is 2.30. The lowest BCUT2D eigenvalue weighted by Gasteiger charge is -2.09. The van der Waals surface area contributed by atoms with Crippen LogP contribution in [0, 0.1) is 13.8 Å². The van der Waals surface area contributed by atoms with Gasteiger partial charge < -0.3 is 10.1 Å². The number of benzene rings is 2. The summed E-state index contributed by atoms with van der Waals surface area (Å²) in [5.41, 5.74) is 3.73. The summed E-state index contributed by atoms with van der Waals surface area (Å²) >= 11 is 1.61. The first-order valence-electron chi connectivity index (χ1n) is 7.62. The van der Waals surface area contributed by atoms with E-state index in [0.29, 0.717) is 5.75 Å². The van der Waals surface area contributed by atoms with Crippen molar-refractivity contribution in [1.29, 1.82) is 0 Å². The van der Waals surface area contributed by atoms with E-state index in [9.17, 15) is 4.79 Å². The number of carbonyl (C=O) groups is 1. The molecule has 1 aromatic heterocycles. The third-order valence-corrected chi connectivity index (χ3v) is 4.19. The normalized spacial score (nSPS) is 10.4. The molecule has 1 heterocycles. The van der Waals surface area contributed by atoms with E-state index in [4.69, 9.17) is 4.74 Å². The molecule has 0 unspecified atom stereocenters. The van der Waals surface area contributed by atoms with Crippen LogP contribution < -0.4 is 10.1 Å². The van der Waals surface area contributed by atoms with E-state index >= 15 is 0 Å². The molecule has 24 heavy (non-hydrogen) atoms. The lowest BCUT2D eigenvalue weighted by molar-refractivity contribution is -0.118. The van der Waals surface area contributed by atoms with Crippen molar-refractivity contribution in [1.82, 2.24) is 4.98 Å². The van der Waals surface area contributed by atoms with E-state index < -0.39 is 0 Å². The van der Waals surface area contributed by atoms with Gasteiger partial charge in [0, 0.05) is 16.6 Å². The number of hydrogen-bond acceptors (Lipinski definition) is 4. The Balaban J connectivity index is 1.62. The number of aryl methyl sites for hydroxylation is 2. The minimum Gasteiger partial charge on any atom is -0.484 e.